The Balaban J connectivity index is 1.68. The lowest BCUT2D eigenvalue weighted by atomic mass is 10.2. The van der Waals surface area contributed by atoms with Gasteiger partial charge in [0.25, 0.3) is 0 Å². The predicted octanol–water partition coefficient (Wildman–Crippen LogP) is 3.55. The van der Waals surface area contributed by atoms with E-state index >= 15 is 0 Å². The lowest BCUT2D eigenvalue weighted by Crippen LogP contribution is -2.30. The minimum absolute atomic E-state index is 0.421. The molecule has 0 saturated carbocycles. The molecule has 2 aromatic heterocycles. The highest BCUT2D eigenvalue weighted by Gasteiger charge is 2.24. The van der Waals surface area contributed by atoms with Gasteiger partial charge in [-0.05, 0) is 53.3 Å². The van der Waals surface area contributed by atoms with Crippen LogP contribution in [0.15, 0.2) is 34.4 Å². The maximum atomic E-state index is 4.27. The van der Waals surface area contributed by atoms with Gasteiger partial charge >= 0.3 is 0 Å². The molecule has 1 unspecified atom stereocenters. The first-order chi connectivity index (χ1) is 9.83. The fourth-order valence-electron chi connectivity index (χ4n) is 2.54. The van der Waals surface area contributed by atoms with Crippen LogP contribution in [0, 0.1) is 0 Å². The molecule has 3 heterocycles. The molecular weight excluding hydrogens is 336 g/mol. The van der Waals surface area contributed by atoms with E-state index in [1.807, 2.05) is 11.3 Å². The van der Waals surface area contributed by atoms with Crippen LogP contribution in [-0.4, -0.2) is 34.5 Å². The third kappa shape index (κ3) is 3.37. The average molecular weight is 353 g/mol. The highest BCUT2D eigenvalue weighted by atomic mass is 79.9. The van der Waals surface area contributed by atoms with E-state index in [2.05, 4.69) is 53.6 Å². The maximum Gasteiger partial charge on any atom is 0.222 e. The van der Waals surface area contributed by atoms with Crippen molar-refractivity contribution in [2.24, 2.45) is 0 Å². The van der Waals surface area contributed by atoms with E-state index < -0.39 is 0 Å². The first-order valence-corrected chi connectivity index (χ1v) is 8.49. The summed E-state index contributed by atoms with van der Waals surface area (Å²) in [7, 11) is 0. The lowest BCUT2D eigenvalue weighted by molar-refractivity contribution is 0.259. The van der Waals surface area contributed by atoms with Crippen molar-refractivity contribution in [3.05, 3.63) is 39.3 Å². The van der Waals surface area contributed by atoms with Crippen molar-refractivity contribution in [2.75, 3.05) is 25.0 Å². The van der Waals surface area contributed by atoms with Gasteiger partial charge in [0.15, 0.2) is 0 Å². The Morgan fingerprint density at radius 2 is 2.05 bits per heavy atom. The van der Waals surface area contributed by atoms with Crippen molar-refractivity contribution in [3.63, 3.8) is 0 Å². The molecule has 1 atom stereocenters. The quantitative estimate of drug-likeness (QED) is 0.893. The second kappa shape index (κ2) is 6.65. The zero-order valence-corrected chi connectivity index (χ0v) is 13.5. The zero-order chi connectivity index (χ0) is 13.8. The van der Waals surface area contributed by atoms with Crippen molar-refractivity contribution in [1.29, 1.82) is 0 Å². The van der Waals surface area contributed by atoms with Crippen molar-refractivity contribution in [3.8, 4) is 0 Å². The van der Waals surface area contributed by atoms with Gasteiger partial charge in [0, 0.05) is 23.8 Å². The molecule has 0 aromatic carbocycles. The monoisotopic (exact) mass is 352 g/mol. The number of anilines is 1. The Hall–Kier alpha value is -0.980. The number of halogens is 1. The minimum Gasteiger partial charge on any atom is -0.352 e. The van der Waals surface area contributed by atoms with Crippen LogP contribution >= 0.6 is 27.3 Å². The second-order valence-corrected chi connectivity index (χ2v) is 6.78. The van der Waals surface area contributed by atoms with E-state index in [9.17, 15) is 0 Å². The maximum absolute atomic E-state index is 4.27. The molecule has 0 bridgehead atoms. The van der Waals surface area contributed by atoms with Crippen LogP contribution in [0.1, 0.15) is 23.8 Å². The molecule has 1 N–H and O–H groups in total. The summed E-state index contributed by atoms with van der Waals surface area (Å²) in [6.07, 6.45) is 6.14. The predicted molar refractivity (Wildman–Crippen MR) is 86.1 cm³/mol. The highest BCUT2D eigenvalue weighted by Crippen LogP contribution is 2.28. The van der Waals surface area contributed by atoms with Gasteiger partial charge in [-0.25, -0.2) is 9.97 Å². The fourth-order valence-corrected chi connectivity index (χ4v) is 3.60. The normalized spacial score (nSPS) is 17.2. The van der Waals surface area contributed by atoms with E-state index in [4.69, 9.17) is 0 Å². The molecule has 106 valence electrons. The SMILES string of the molecule is Brc1cnc(NCC(c2cccs2)N2CCCC2)nc1. The summed E-state index contributed by atoms with van der Waals surface area (Å²) in [6.45, 7) is 3.22. The molecule has 2 aromatic rings. The summed E-state index contributed by atoms with van der Waals surface area (Å²) in [5.41, 5.74) is 0. The standard InChI is InChI=1S/C14H17BrN4S/c15-11-8-16-14(17-9-11)18-10-12(13-4-3-7-20-13)19-5-1-2-6-19/h3-4,7-9,12H,1-2,5-6,10H2,(H,16,17,18). The Morgan fingerprint density at radius 1 is 1.30 bits per heavy atom. The Kier molecular flexibility index (Phi) is 4.65. The van der Waals surface area contributed by atoms with Gasteiger partial charge in [-0.2, -0.15) is 0 Å². The Bertz CT molecular complexity index is 523. The number of likely N-dealkylation sites (tertiary alicyclic amines) is 1. The molecule has 0 spiro atoms. The summed E-state index contributed by atoms with van der Waals surface area (Å²) in [4.78, 5) is 12.5. The zero-order valence-electron chi connectivity index (χ0n) is 11.1. The van der Waals surface area contributed by atoms with E-state index in [0.717, 1.165) is 11.0 Å². The minimum atomic E-state index is 0.421. The summed E-state index contributed by atoms with van der Waals surface area (Å²) in [5.74, 6) is 0.689. The van der Waals surface area contributed by atoms with Crippen LogP contribution in [0.2, 0.25) is 0 Å². The number of aromatic nitrogens is 2. The molecule has 1 aliphatic rings. The van der Waals surface area contributed by atoms with E-state index in [0.29, 0.717) is 12.0 Å². The molecule has 3 rings (SSSR count). The lowest BCUT2D eigenvalue weighted by Gasteiger charge is -2.26. The van der Waals surface area contributed by atoms with Crippen LogP contribution < -0.4 is 5.32 Å². The third-order valence-electron chi connectivity index (χ3n) is 3.53. The molecule has 6 heteroatoms. The third-order valence-corrected chi connectivity index (χ3v) is 4.91. The number of thiophene rings is 1. The van der Waals surface area contributed by atoms with Crippen LogP contribution in [0.4, 0.5) is 5.95 Å². The Labute approximate surface area is 131 Å². The van der Waals surface area contributed by atoms with Gasteiger partial charge in [0.05, 0.1) is 10.5 Å². The number of hydrogen-bond donors (Lipinski definition) is 1. The van der Waals surface area contributed by atoms with Gasteiger partial charge in [0.1, 0.15) is 0 Å². The van der Waals surface area contributed by atoms with E-state index in [1.54, 1.807) is 12.4 Å². The van der Waals surface area contributed by atoms with Crippen LogP contribution in [0.25, 0.3) is 0 Å². The number of nitrogens with one attached hydrogen (secondary N) is 1. The molecule has 0 radical (unpaired) electrons. The molecular formula is C14H17BrN4S. The van der Waals surface area contributed by atoms with Gasteiger partial charge in [0.2, 0.25) is 5.95 Å². The van der Waals surface area contributed by atoms with E-state index in [-0.39, 0.29) is 0 Å². The molecule has 4 nitrogen and oxygen atoms in total. The van der Waals surface area contributed by atoms with Crippen molar-refractivity contribution in [2.45, 2.75) is 18.9 Å². The largest absolute Gasteiger partial charge is 0.352 e. The first kappa shape index (κ1) is 14.0. The Morgan fingerprint density at radius 3 is 2.70 bits per heavy atom. The number of hydrogen-bond acceptors (Lipinski definition) is 5. The molecule has 1 fully saturated rings. The fraction of sp³-hybridized carbons (Fsp3) is 0.429. The van der Waals surface area contributed by atoms with Crippen LogP contribution in [0.3, 0.4) is 0 Å². The molecule has 1 saturated heterocycles. The molecule has 20 heavy (non-hydrogen) atoms. The van der Waals surface area contributed by atoms with Gasteiger partial charge in [-0.3, -0.25) is 4.90 Å². The van der Waals surface area contributed by atoms with Crippen LogP contribution in [0.5, 0.6) is 0 Å². The van der Waals surface area contributed by atoms with Crippen molar-refractivity contribution >= 4 is 33.2 Å². The number of rotatable bonds is 5. The summed E-state index contributed by atoms with van der Waals surface area (Å²) < 4.78 is 0.900. The summed E-state index contributed by atoms with van der Waals surface area (Å²) in [5, 5.41) is 5.51. The second-order valence-electron chi connectivity index (χ2n) is 4.88. The van der Waals surface area contributed by atoms with Gasteiger partial charge < -0.3 is 5.32 Å². The van der Waals surface area contributed by atoms with Crippen LogP contribution in [-0.2, 0) is 0 Å². The molecule has 0 aliphatic carbocycles. The number of nitrogens with zero attached hydrogens (tertiary/aromatic N) is 3. The smallest absolute Gasteiger partial charge is 0.222 e. The van der Waals surface area contributed by atoms with E-state index in [1.165, 1.54) is 30.8 Å². The topological polar surface area (TPSA) is 41.1 Å². The van der Waals surface area contributed by atoms with Gasteiger partial charge in [-0.1, -0.05) is 6.07 Å². The van der Waals surface area contributed by atoms with Crippen molar-refractivity contribution in [1.82, 2.24) is 14.9 Å². The molecule has 1 aliphatic heterocycles. The summed E-state index contributed by atoms with van der Waals surface area (Å²) in [6, 6.07) is 4.77. The van der Waals surface area contributed by atoms with Gasteiger partial charge in [-0.15, -0.1) is 11.3 Å². The molecule has 0 amide bonds. The summed E-state index contributed by atoms with van der Waals surface area (Å²) >= 11 is 5.18. The highest BCUT2D eigenvalue weighted by molar-refractivity contribution is 9.10. The van der Waals surface area contributed by atoms with Crippen molar-refractivity contribution < 1.29 is 0 Å². The first-order valence-electron chi connectivity index (χ1n) is 6.82. The average Bonchev–Trinajstić information content (AvgIpc) is 3.14.